The van der Waals surface area contributed by atoms with Crippen molar-refractivity contribution in [2.45, 2.75) is 12.5 Å². The Morgan fingerprint density at radius 1 is 1.00 bits per heavy atom. The van der Waals surface area contributed by atoms with E-state index in [9.17, 15) is 0 Å². The smallest absolute Gasteiger partial charge is 0.0742 e. The quantitative estimate of drug-likeness (QED) is 0.619. The fourth-order valence-electron chi connectivity index (χ4n) is 3.15. The summed E-state index contributed by atoms with van der Waals surface area (Å²) in [7, 11) is 0. The average Bonchev–Trinajstić information content (AvgIpc) is 2.86. The lowest BCUT2D eigenvalue weighted by Gasteiger charge is -2.25. The minimum Gasteiger partial charge on any atom is -0.357 e. The van der Waals surface area contributed by atoms with Crippen LogP contribution in [0, 0.1) is 3.57 Å². The Labute approximate surface area is 131 Å². The predicted octanol–water partition coefficient (Wildman–Crippen LogP) is 4.01. The van der Waals surface area contributed by atoms with Crippen LogP contribution in [0.5, 0.6) is 0 Å². The topological polar surface area (TPSA) is 27.8 Å². The fourth-order valence-corrected chi connectivity index (χ4v) is 3.85. The maximum absolute atomic E-state index is 3.66. The molecule has 20 heavy (non-hydrogen) atoms. The number of rotatable bonds is 1. The lowest BCUT2D eigenvalue weighted by atomic mass is 9.94. The highest BCUT2D eigenvalue weighted by atomic mass is 127. The Kier molecular flexibility index (Phi) is 3.04. The second-order valence-electron chi connectivity index (χ2n) is 5.22. The molecule has 0 saturated heterocycles. The molecule has 2 aromatic carbocycles. The molecule has 0 bridgehead atoms. The summed E-state index contributed by atoms with van der Waals surface area (Å²) in [4.78, 5) is 3.63. The van der Waals surface area contributed by atoms with Crippen molar-refractivity contribution in [1.29, 1.82) is 0 Å². The summed E-state index contributed by atoms with van der Waals surface area (Å²) >= 11 is 2.43. The van der Waals surface area contributed by atoms with Crippen LogP contribution >= 0.6 is 22.6 Å². The molecule has 1 aliphatic rings. The fraction of sp³-hybridized carbons (Fsp3) is 0.176. The average molecular weight is 374 g/mol. The van der Waals surface area contributed by atoms with Crippen molar-refractivity contribution in [3.63, 3.8) is 0 Å². The summed E-state index contributed by atoms with van der Waals surface area (Å²) in [5.41, 5.74) is 5.42. The molecule has 0 saturated carbocycles. The molecule has 2 nitrogen and oxygen atoms in total. The second kappa shape index (κ2) is 4.90. The molecule has 0 spiro atoms. The summed E-state index contributed by atoms with van der Waals surface area (Å²) in [6.07, 6.45) is 1.10. The second-order valence-corrected chi connectivity index (χ2v) is 6.38. The van der Waals surface area contributed by atoms with E-state index in [1.807, 2.05) is 0 Å². The Hall–Kier alpha value is -1.33. The maximum atomic E-state index is 3.66. The molecule has 3 aromatic rings. The first-order chi connectivity index (χ1) is 9.84. The first-order valence-electron chi connectivity index (χ1n) is 6.92. The van der Waals surface area contributed by atoms with Crippen LogP contribution in [0.3, 0.4) is 0 Å². The highest BCUT2D eigenvalue weighted by molar-refractivity contribution is 14.1. The van der Waals surface area contributed by atoms with Crippen LogP contribution in [0.15, 0.2) is 48.5 Å². The molecular weight excluding hydrogens is 359 g/mol. The molecule has 1 atom stereocenters. The van der Waals surface area contributed by atoms with Gasteiger partial charge >= 0.3 is 0 Å². The van der Waals surface area contributed by atoms with Gasteiger partial charge in [0, 0.05) is 26.7 Å². The third kappa shape index (κ3) is 1.88. The van der Waals surface area contributed by atoms with Crippen LogP contribution < -0.4 is 5.32 Å². The third-order valence-corrected chi connectivity index (χ3v) is 5.06. The van der Waals surface area contributed by atoms with E-state index in [1.54, 1.807) is 0 Å². The molecule has 0 radical (unpaired) electrons. The lowest BCUT2D eigenvalue weighted by Crippen LogP contribution is -2.30. The number of H-pyrrole nitrogens is 1. The Morgan fingerprint density at radius 2 is 1.80 bits per heavy atom. The minimum absolute atomic E-state index is 0.277. The summed E-state index contributed by atoms with van der Waals surface area (Å²) in [5, 5.41) is 5.03. The van der Waals surface area contributed by atoms with E-state index >= 15 is 0 Å². The monoisotopic (exact) mass is 374 g/mol. The van der Waals surface area contributed by atoms with Gasteiger partial charge in [0.2, 0.25) is 0 Å². The summed E-state index contributed by atoms with van der Waals surface area (Å²) in [6.45, 7) is 1.03. The molecule has 100 valence electrons. The number of fused-ring (bicyclic) bond motifs is 3. The van der Waals surface area contributed by atoms with E-state index in [4.69, 9.17) is 0 Å². The zero-order valence-electron chi connectivity index (χ0n) is 11.0. The van der Waals surface area contributed by atoms with Gasteiger partial charge in [-0.3, -0.25) is 0 Å². The van der Waals surface area contributed by atoms with Gasteiger partial charge in [-0.25, -0.2) is 0 Å². The molecule has 3 heteroatoms. The van der Waals surface area contributed by atoms with Gasteiger partial charge in [-0.15, -0.1) is 0 Å². The van der Waals surface area contributed by atoms with Crippen molar-refractivity contribution < 1.29 is 0 Å². The van der Waals surface area contributed by atoms with E-state index in [1.165, 1.54) is 31.3 Å². The third-order valence-electron chi connectivity index (χ3n) is 4.08. The van der Waals surface area contributed by atoms with Crippen molar-refractivity contribution in [3.05, 3.63) is 68.9 Å². The first-order valence-corrected chi connectivity index (χ1v) is 8.00. The number of para-hydroxylation sites is 1. The van der Waals surface area contributed by atoms with E-state index in [2.05, 4.69) is 81.4 Å². The number of aromatic nitrogens is 1. The highest BCUT2D eigenvalue weighted by Gasteiger charge is 2.25. The van der Waals surface area contributed by atoms with E-state index in [-0.39, 0.29) is 6.04 Å². The lowest BCUT2D eigenvalue weighted by molar-refractivity contribution is 0.558. The van der Waals surface area contributed by atoms with Crippen molar-refractivity contribution >= 4 is 33.5 Å². The predicted molar refractivity (Wildman–Crippen MR) is 91.0 cm³/mol. The van der Waals surface area contributed by atoms with Crippen LogP contribution in [0.1, 0.15) is 22.9 Å². The molecule has 4 rings (SSSR count). The van der Waals surface area contributed by atoms with Crippen LogP contribution in [-0.4, -0.2) is 11.5 Å². The highest BCUT2D eigenvalue weighted by Crippen LogP contribution is 2.34. The van der Waals surface area contributed by atoms with Crippen molar-refractivity contribution in [1.82, 2.24) is 10.3 Å². The van der Waals surface area contributed by atoms with E-state index in [0.717, 1.165) is 13.0 Å². The van der Waals surface area contributed by atoms with Crippen molar-refractivity contribution in [3.8, 4) is 0 Å². The zero-order valence-corrected chi connectivity index (χ0v) is 13.1. The minimum atomic E-state index is 0.277. The Bertz CT molecular complexity index is 776. The number of aromatic amines is 1. The van der Waals surface area contributed by atoms with Crippen LogP contribution in [0.4, 0.5) is 0 Å². The molecule has 1 aliphatic heterocycles. The van der Waals surface area contributed by atoms with Crippen LogP contribution in [0.25, 0.3) is 10.9 Å². The summed E-state index contributed by atoms with van der Waals surface area (Å²) in [6, 6.07) is 17.5. The molecule has 0 fully saturated rings. The van der Waals surface area contributed by atoms with E-state index in [0.29, 0.717) is 0 Å². The van der Waals surface area contributed by atoms with Gasteiger partial charge < -0.3 is 10.3 Å². The zero-order chi connectivity index (χ0) is 13.5. The number of halogens is 1. The molecule has 0 amide bonds. The number of nitrogens with one attached hydrogen (secondary N) is 2. The molecule has 2 N–H and O–H groups in total. The van der Waals surface area contributed by atoms with Gasteiger partial charge in [-0.05, 0) is 52.3 Å². The molecular formula is C17H15IN2. The van der Waals surface area contributed by atoms with Gasteiger partial charge in [-0.2, -0.15) is 0 Å². The van der Waals surface area contributed by atoms with E-state index < -0.39 is 0 Å². The normalized spacial score (nSPS) is 18.1. The number of hydrogen-bond donors (Lipinski definition) is 2. The number of hydrogen-bond acceptors (Lipinski definition) is 1. The maximum Gasteiger partial charge on any atom is 0.0742 e. The van der Waals surface area contributed by atoms with Crippen molar-refractivity contribution in [2.75, 3.05) is 6.54 Å². The SMILES string of the molecule is Ic1ccccc1C1NCCc2c1[nH]c1ccccc21. The van der Waals surface area contributed by atoms with Gasteiger partial charge in [0.15, 0.2) is 0 Å². The summed E-state index contributed by atoms with van der Waals surface area (Å²) in [5.74, 6) is 0. The number of benzene rings is 2. The standard InChI is InChI=1S/C17H15IN2/c18-14-7-3-1-6-13(14)16-17-12(9-10-19-16)11-5-2-4-8-15(11)20-17/h1-8,16,19-20H,9-10H2. The van der Waals surface area contributed by atoms with Gasteiger partial charge in [0.1, 0.15) is 0 Å². The molecule has 1 aromatic heterocycles. The molecule has 2 heterocycles. The molecule has 0 aliphatic carbocycles. The Morgan fingerprint density at radius 3 is 2.70 bits per heavy atom. The van der Waals surface area contributed by atoms with Crippen molar-refractivity contribution in [2.24, 2.45) is 0 Å². The largest absolute Gasteiger partial charge is 0.357 e. The summed E-state index contributed by atoms with van der Waals surface area (Å²) < 4.78 is 1.31. The van der Waals surface area contributed by atoms with Gasteiger partial charge in [0.05, 0.1) is 6.04 Å². The Balaban J connectivity index is 1.92. The first kappa shape index (κ1) is 12.4. The van der Waals surface area contributed by atoms with Crippen LogP contribution in [-0.2, 0) is 6.42 Å². The van der Waals surface area contributed by atoms with Crippen LogP contribution in [0.2, 0.25) is 0 Å². The molecule has 1 unspecified atom stereocenters. The van der Waals surface area contributed by atoms with Gasteiger partial charge in [-0.1, -0.05) is 36.4 Å². The van der Waals surface area contributed by atoms with Gasteiger partial charge in [0.25, 0.3) is 0 Å².